The molecule has 8 nitrogen and oxygen atoms in total. The lowest BCUT2D eigenvalue weighted by Gasteiger charge is -2.05. The Kier molecular flexibility index (Phi) is 9.78. The van der Waals surface area contributed by atoms with E-state index in [9.17, 15) is 19.2 Å². The Labute approximate surface area is 205 Å². The number of esters is 2. The van der Waals surface area contributed by atoms with Crippen molar-refractivity contribution in [3.05, 3.63) is 85.3 Å². The molecule has 1 N–H and O–H groups in total. The monoisotopic (exact) mass is 501 g/mol. The third-order valence-corrected chi connectivity index (χ3v) is 5.51. The highest BCUT2D eigenvalue weighted by atomic mass is 35.5. The molecule has 3 aromatic rings. The molecule has 2 aromatic carbocycles. The minimum Gasteiger partial charge on any atom is -1.00 e. The van der Waals surface area contributed by atoms with Crippen LogP contribution in [0.4, 0.5) is 5.69 Å². The van der Waals surface area contributed by atoms with Crippen LogP contribution in [0.15, 0.2) is 59.4 Å². The molecule has 0 saturated carbocycles. The van der Waals surface area contributed by atoms with E-state index in [2.05, 4.69) is 10.1 Å². The van der Waals surface area contributed by atoms with E-state index in [1.165, 1.54) is 17.8 Å². The first-order valence-electron chi connectivity index (χ1n) is 10.0. The van der Waals surface area contributed by atoms with Gasteiger partial charge in [0, 0.05) is 5.69 Å². The van der Waals surface area contributed by atoms with E-state index < -0.39 is 23.4 Å². The van der Waals surface area contributed by atoms with Gasteiger partial charge in [0.1, 0.15) is 11.2 Å². The molecule has 1 amide bonds. The van der Waals surface area contributed by atoms with Crippen LogP contribution in [-0.2, 0) is 25.6 Å². The van der Waals surface area contributed by atoms with Crippen molar-refractivity contribution in [3.8, 4) is 0 Å². The fourth-order valence-electron chi connectivity index (χ4n) is 2.93. The van der Waals surface area contributed by atoms with Crippen LogP contribution in [0.1, 0.15) is 22.8 Å². The van der Waals surface area contributed by atoms with Crippen LogP contribution in [0.25, 0.3) is 12.2 Å². The Morgan fingerprint density at radius 2 is 1.74 bits per heavy atom. The van der Waals surface area contributed by atoms with E-state index in [1.54, 1.807) is 61.5 Å². The van der Waals surface area contributed by atoms with Crippen molar-refractivity contribution < 1.29 is 36.3 Å². The molecule has 0 spiro atoms. The molecule has 0 radical (unpaired) electrons. The minimum atomic E-state index is -0.607. The molecule has 0 atom stereocenters. The lowest BCUT2D eigenvalue weighted by molar-refractivity contribution is -0.135. The van der Waals surface area contributed by atoms with E-state index >= 15 is 0 Å². The molecule has 3 rings (SSSR count). The number of thiazole rings is 1. The molecule has 0 aliphatic rings. The highest BCUT2D eigenvalue weighted by Crippen LogP contribution is 2.07. The zero-order valence-electron chi connectivity index (χ0n) is 18.4. The first-order chi connectivity index (χ1) is 15.9. The number of nitrogens with zero attached hydrogens (tertiary/aromatic N) is 1. The molecule has 0 bridgehead atoms. The van der Waals surface area contributed by atoms with Gasteiger partial charge in [0.25, 0.3) is 5.56 Å². The molecular formula is C24H22ClN2O6S-. The largest absolute Gasteiger partial charge is 1.00 e. The lowest BCUT2D eigenvalue weighted by atomic mass is 10.1. The van der Waals surface area contributed by atoms with Crippen molar-refractivity contribution in [3.63, 3.8) is 0 Å². The summed E-state index contributed by atoms with van der Waals surface area (Å²) in [5.41, 5.74) is 1.23. The predicted molar refractivity (Wildman–Crippen MR) is 125 cm³/mol. The van der Waals surface area contributed by atoms with Gasteiger partial charge in [-0.25, -0.2) is 9.59 Å². The van der Waals surface area contributed by atoms with Crippen LogP contribution in [0.3, 0.4) is 0 Å². The summed E-state index contributed by atoms with van der Waals surface area (Å²) < 4.78 is 11.5. The van der Waals surface area contributed by atoms with E-state index in [4.69, 9.17) is 4.74 Å². The summed E-state index contributed by atoms with van der Waals surface area (Å²) in [7, 11) is 1.30. The summed E-state index contributed by atoms with van der Waals surface area (Å²) in [6.07, 6.45) is 2.82. The fraction of sp³-hybridized carbons (Fsp3) is 0.167. The summed E-state index contributed by atoms with van der Waals surface area (Å²) in [4.78, 5) is 49.2. The van der Waals surface area contributed by atoms with Gasteiger partial charge in [0.05, 0.1) is 29.9 Å². The molecular weight excluding hydrogens is 480 g/mol. The van der Waals surface area contributed by atoms with Crippen LogP contribution in [0.2, 0.25) is 0 Å². The first kappa shape index (κ1) is 26.6. The van der Waals surface area contributed by atoms with Gasteiger partial charge in [-0.15, -0.1) is 11.3 Å². The summed E-state index contributed by atoms with van der Waals surface area (Å²) in [6, 6.07) is 15.4. The van der Waals surface area contributed by atoms with Crippen molar-refractivity contribution >= 4 is 47.0 Å². The molecule has 0 fully saturated rings. The fourth-order valence-corrected chi connectivity index (χ4v) is 3.96. The van der Waals surface area contributed by atoms with E-state index in [0.717, 1.165) is 11.3 Å². The SMILES string of the molecule is CCOC(=O)C=c1sc(=Cc2ccc(C(=O)OC)cc2)c(=O)n1CC(=O)Nc1ccccc1.[Cl-]. The van der Waals surface area contributed by atoms with Gasteiger partial charge in [0.15, 0.2) is 0 Å². The lowest BCUT2D eigenvalue weighted by Crippen LogP contribution is -3.00. The maximum atomic E-state index is 13.1. The summed E-state index contributed by atoms with van der Waals surface area (Å²) in [5.74, 6) is -1.48. The molecule has 0 aliphatic carbocycles. The van der Waals surface area contributed by atoms with Gasteiger partial charge in [-0.1, -0.05) is 30.3 Å². The van der Waals surface area contributed by atoms with Crippen LogP contribution in [-0.4, -0.2) is 36.1 Å². The number of hydrogen-bond acceptors (Lipinski definition) is 7. The molecule has 10 heteroatoms. The number of amides is 1. The maximum absolute atomic E-state index is 13.1. The highest BCUT2D eigenvalue weighted by molar-refractivity contribution is 7.07. The van der Waals surface area contributed by atoms with E-state index in [1.807, 2.05) is 6.07 Å². The number of carbonyl (C=O) groups excluding carboxylic acids is 3. The number of ether oxygens (including phenoxy) is 2. The second kappa shape index (κ2) is 12.5. The van der Waals surface area contributed by atoms with Crippen molar-refractivity contribution in [2.24, 2.45) is 0 Å². The quantitative estimate of drug-likeness (QED) is 0.396. The van der Waals surface area contributed by atoms with Crippen LogP contribution >= 0.6 is 11.3 Å². The van der Waals surface area contributed by atoms with Gasteiger partial charge in [-0.2, -0.15) is 0 Å². The number of para-hydroxylation sites is 1. The van der Waals surface area contributed by atoms with Gasteiger partial charge >= 0.3 is 11.9 Å². The molecule has 1 aromatic heterocycles. The average molecular weight is 502 g/mol. The number of methoxy groups -OCH3 is 1. The zero-order valence-corrected chi connectivity index (χ0v) is 20.0. The van der Waals surface area contributed by atoms with Crippen LogP contribution in [0.5, 0.6) is 0 Å². The molecule has 0 aliphatic heterocycles. The number of halogens is 1. The average Bonchev–Trinajstić information content (AvgIpc) is 3.08. The third kappa shape index (κ3) is 6.90. The van der Waals surface area contributed by atoms with E-state index in [-0.39, 0.29) is 25.6 Å². The number of hydrogen-bond donors (Lipinski definition) is 1. The molecule has 178 valence electrons. The summed E-state index contributed by atoms with van der Waals surface area (Å²) >= 11 is 1.07. The second-order valence-electron chi connectivity index (χ2n) is 6.76. The summed E-state index contributed by atoms with van der Waals surface area (Å²) in [6.45, 7) is 1.59. The standard InChI is InChI=1S/C24H22N2O6S.ClH/c1-3-32-22(28)14-21-26(15-20(27)25-18-7-5-4-6-8-18)23(29)19(33-21)13-16-9-11-17(12-10-16)24(30)31-2;/h4-14H,3,15H2,1-2H3,(H,25,27);1H/p-1. The smallest absolute Gasteiger partial charge is 0.337 e. The minimum absolute atomic E-state index is 0. The van der Waals surface area contributed by atoms with Crippen molar-refractivity contribution in [1.29, 1.82) is 0 Å². The van der Waals surface area contributed by atoms with Crippen molar-refractivity contribution in [2.45, 2.75) is 13.5 Å². The number of benzene rings is 2. The molecule has 1 heterocycles. The van der Waals surface area contributed by atoms with Gasteiger partial charge < -0.3 is 27.2 Å². The number of rotatable bonds is 7. The Balaban J connectivity index is 0.00000408. The number of nitrogens with one attached hydrogen (secondary N) is 1. The summed E-state index contributed by atoms with van der Waals surface area (Å²) in [5, 5.41) is 2.73. The Hall–Kier alpha value is -3.69. The number of aromatic nitrogens is 1. The van der Waals surface area contributed by atoms with Gasteiger partial charge in [-0.05, 0) is 42.8 Å². The maximum Gasteiger partial charge on any atom is 0.337 e. The third-order valence-electron chi connectivity index (χ3n) is 4.45. The Morgan fingerprint density at radius 1 is 1.06 bits per heavy atom. The molecule has 0 saturated heterocycles. The Bertz CT molecular complexity index is 1330. The van der Waals surface area contributed by atoms with Crippen LogP contribution in [0, 0.1) is 0 Å². The zero-order chi connectivity index (χ0) is 23.8. The highest BCUT2D eigenvalue weighted by Gasteiger charge is 2.12. The Morgan fingerprint density at radius 3 is 2.35 bits per heavy atom. The molecule has 0 unspecified atom stereocenters. The molecule has 34 heavy (non-hydrogen) atoms. The number of anilines is 1. The topological polar surface area (TPSA) is 104 Å². The number of carbonyl (C=O) groups is 3. The van der Waals surface area contributed by atoms with Gasteiger partial charge in [0.2, 0.25) is 5.91 Å². The first-order valence-corrected chi connectivity index (χ1v) is 10.9. The predicted octanol–water partition coefficient (Wildman–Crippen LogP) is -1.49. The van der Waals surface area contributed by atoms with E-state index in [0.29, 0.717) is 26.0 Å². The van der Waals surface area contributed by atoms with Crippen molar-refractivity contribution in [1.82, 2.24) is 4.57 Å². The van der Waals surface area contributed by atoms with Gasteiger partial charge in [-0.3, -0.25) is 14.2 Å². The van der Waals surface area contributed by atoms with Crippen molar-refractivity contribution in [2.75, 3.05) is 19.0 Å². The normalized spacial score (nSPS) is 11.5. The second-order valence-corrected chi connectivity index (χ2v) is 7.83. The van der Waals surface area contributed by atoms with Crippen LogP contribution < -0.4 is 32.5 Å².